The lowest BCUT2D eigenvalue weighted by Crippen LogP contribution is -2.19. The van der Waals surface area contributed by atoms with Crippen LogP contribution in [0.1, 0.15) is 18.7 Å². The van der Waals surface area contributed by atoms with E-state index in [-0.39, 0.29) is 0 Å². The molecule has 2 heterocycles. The first-order valence-corrected chi connectivity index (χ1v) is 7.88. The molecular formula is C11H15BrN2S2. The highest BCUT2D eigenvalue weighted by Crippen LogP contribution is 2.26. The molecule has 0 fully saturated rings. The van der Waals surface area contributed by atoms with Crippen molar-refractivity contribution in [3.05, 3.63) is 20.8 Å². The lowest BCUT2D eigenvalue weighted by Gasteiger charge is -2.11. The summed E-state index contributed by atoms with van der Waals surface area (Å²) in [6.07, 6.45) is 0. The van der Waals surface area contributed by atoms with Gasteiger partial charge in [0.25, 0.3) is 0 Å². The van der Waals surface area contributed by atoms with Crippen LogP contribution in [0, 0.1) is 5.92 Å². The molecule has 0 saturated heterocycles. The van der Waals surface area contributed by atoms with E-state index >= 15 is 0 Å². The van der Waals surface area contributed by atoms with Gasteiger partial charge in [-0.25, -0.2) is 0 Å². The van der Waals surface area contributed by atoms with Crippen LogP contribution in [0.5, 0.6) is 0 Å². The van der Waals surface area contributed by atoms with Gasteiger partial charge in [-0.15, -0.1) is 11.3 Å². The molecule has 0 aromatic carbocycles. The van der Waals surface area contributed by atoms with E-state index in [1.54, 1.807) is 11.3 Å². The summed E-state index contributed by atoms with van der Waals surface area (Å²) in [7, 11) is 0. The summed E-state index contributed by atoms with van der Waals surface area (Å²) >= 11 is 7.10. The van der Waals surface area contributed by atoms with Crippen LogP contribution in [0.3, 0.4) is 0 Å². The molecule has 88 valence electrons. The number of aliphatic imine (C=N–C) groups is 1. The standard InChI is InChI=1S/C11H15BrN2S2/c1-7(2)10-5-14-11(16-10)13-4-9-3-8(12)6-15-9/h3,6-7,10H,4-5H2,1-2H3,(H,13,14). The molecule has 0 aliphatic carbocycles. The SMILES string of the molecule is CC(C)C1CN=C(NCc2cc(Br)cs2)S1. The predicted octanol–water partition coefficient (Wildman–Crippen LogP) is 3.73. The zero-order valence-electron chi connectivity index (χ0n) is 9.37. The van der Waals surface area contributed by atoms with Crippen molar-refractivity contribution in [2.75, 3.05) is 6.54 Å². The molecule has 2 rings (SSSR count). The molecule has 1 aromatic heterocycles. The van der Waals surface area contributed by atoms with Crippen LogP contribution in [0.2, 0.25) is 0 Å². The maximum atomic E-state index is 4.52. The van der Waals surface area contributed by atoms with Gasteiger partial charge in [-0.1, -0.05) is 25.6 Å². The minimum absolute atomic E-state index is 0.651. The Balaban J connectivity index is 1.80. The average Bonchev–Trinajstić information content (AvgIpc) is 2.83. The van der Waals surface area contributed by atoms with Crippen molar-refractivity contribution in [2.45, 2.75) is 25.6 Å². The Labute approximate surface area is 113 Å². The van der Waals surface area contributed by atoms with Crippen LogP contribution >= 0.6 is 39.0 Å². The van der Waals surface area contributed by atoms with Gasteiger partial charge in [-0.2, -0.15) is 0 Å². The van der Waals surface area contributed by atoms with E-state index in [0.717, 1.165) is 22.7 Å². The van der Waals surface area contributed by atoms with Crippen molar-refractivity contribution >= 4 is 44.2 Å². The minimum Gasteiger partial charge on any atom is -0.360 e. The number of thioether (sulfide) groups is 1. The molecule has 1 aromatic rings. The summed E-state index contributed by atoms with van der Waals surface area (Å²) in [6.45, 7) is 6.35. The first-order chi connectivity index (χ1) is 7.65. The molecule has 1 aliphatic heterocycles. The molecule has 1 unspecified atom stereocenters. The van der Waals surface area contributed by atoms with E-state index in [1.165, 1.54) is 4.88 Å². The fourth-order valence-corrected chi connectivity index (χ4v) is 3.85. The maximum Gasteiger partial charge on any atom is 0.157 e. The Morgan fingerprint density at radius 1 is 1.62 bits per heavy atom. The molecule has 1 aliphatic rings. The molecule has 0 saturated carbocycles. The Morgan fingerprint density at radius 3 is 3.00 bits per heavy atom. The highest BCUT2D eigenvalue weighted by Gasteiger charge is 2.22. The van der Waals surface area contributed by atoms with E-state index in [2.05, 4.69) is 51.5 Å². The molecule has 1 atom stereocenters. The number of amidine groups is 1. The highest BCUT2D eigenvalue weighted by molar-refractivity contribution is 9.10. The topological polar surface area (TPSA) is 24.4 Å². The fourth-order valence-electron chi connectivity index (χ4n) is 1.44. The molecule has 0 bridgehead atoms. The number of thiophene rings is 1. The number of halogens is 1. The quantitative estimate of drug-likeness (QED) is 0.918. The maximum absolute atomic E-state index is 4.52. The average molecular weight is 319 g/mol. The normalized spacial score (nSPS) is 20.2. The number of hydrogen-bond acceptors (Lipinski definition) is 4. The zero-order chi connectivity index (χ0) is 11.5. The van der Waals surface area contributed by atoms with Gasteiger partial charge in [-0.3, -0.25) is 4.99 Å². The molecule has 0 amide bonds. The van der Waals surface area contributed by atoms with Gasteiger partial charge < -0.3 is 5.32 Å². The summed E-state index contributed by atoms with van der Waals surface area (Å²) in [5.41, 5.74) is 0. The van der Waals surface area contributed by atoms with Gasteiger partial charge >= 0.3 is 0 Å². The second-order valence-corrected chi connectivity index (χ2v) is 7.27. The second-order valence-electron chi connectivity index (χ2n) is 4.13. The Kier molecular flexibility index (Phi) is 4.33. The number of rotatable bonds is 3. The zero-order valence-corrected chi connectivity index (χ0v) is 12.6. The minimum atomic E-state index is 0.651. The Bertz CT molecular complexity index is 387. The summed E-state index contributed by atoms with van der Waals surface area (Å²) in [4.78, 5) is 5.86. The van der Waals surface area contributed by atoms with Crippen molar-refractivity contribution in [3.63, 3.8) is 0 Å². The molecule has 0 spiro atoms. The molecular weight excluding hydrogens is 304 g/mol. The number of nitrogens with one attached hydrogen (secondary N) is 1. The predicted molar refractivity (Wildman–Crippen MR) is 77.4 cm³/mol. The van der Waals surface area contributed by atoms with E-state index in [9.17, 15) is 0 Å². The smallest absolute Gasteiger partial charge is 0.157 e. The van der Waals surface area contributed by atoms with Crippen molar-refractivity contribution < 1.29 is 0 Å². The van der Waals surface area contributed by atoms with Crippen molar-refractivity contribution in [2.24, 2.45) is 10.9 Å². The van der Waals surface area contributed by atoms with Crippen LogP contribution in [-0.4, -0.2) is 17.0 Å². The Morgan fingerprint density at radius 2 is 2.44 bits per heavy atom. The van der Waals surface area contributed by atoms with Crippen molar-refractivity contribution in [3.8, 4) is 0 Å². The first kappa shape index (κ1) is 12.5. The summed E-state index contributed by atoms with van der Waals surface area (Å²) < 4.78 is 1.16. The third-order valence-corrected chi connectivity index (χ3v) is 5.65. The highest BCUT2D eigenvalue weighted by atomic mass is 79.9. The van der Waals surface area contributed by atoms with Gasteiger partial charge in [0.2, 0.25) is 0 Å². The van der Waals surface area contributed by atoms with Crippen molar-refractivity contribution in [1.29, 1.82) is 0 Å². The first-order valence-electron chi connectivity index (χ1n) is 5.33. The van der Waals surface area contributed by atoms with Gasteiger partial charge in [0, 0.05) is 20.0 Å². The summed E-state index contributed by atoms with van der Waals surface area (Å²) in [6, 6.07) is 2.15. The lowest BCUT2D eigenvalue weighted by atomic mass is 10.1. The molecule has 16 heavy (non-hydrogen) atoms. The molecule has 2 nitrogen and oxygen atoms in total. The van der Waals surface area contributed by atoms with Crippen molar-refractivity contribution in [1.82, 2.24) is 5.32 Å². The van der Waals surface area contributed by atoms with E-state index in [4.69, 9.17) is 0 Å². The van der Waals surface area contributed by atoms with Gasteiger partial charge in [0.05, 0.1) is 13.1 Å². The van der Waals surface area contributed by atoms with Gasteiger partial charge in [0.15, 0.2) is 5.17 Å². The molecule has 1 N–H and O–H groups in total. The summed E-state index contributed by atoms with van der Waals surface area (Å²) in [5, 5.41) is 7.26. The second kappa shape index (κ2) is 5.56. The monoisotopic (exact) mass is 318 g/mol. The van der Waals surface area contributed by atoms with Gasteiger partial charge in [-0.05, 0) is 27.9 Å². The van der Waals surface area contributed by atoms with Crippen LogP contribution in [-0.2, 0) is 6.54 Å². The summed E-state index contributed by atoms with van der Waals surface area (Å²) in [5.74, 6) is 0.698. The number of hydrogen-bond donors (Lipinski definition) is 1. The van der Waals surface area contributed by atoms with E-state index < -0.39 is 0 Å². The van der Waals surface area contributed by atoms with Crippen LogP contribution in [0.15, 0.2) is 20.9 Å². The largest absolute Gasteiger partial charge is 0.360 e. The van der Waals surface area contributed by atoms with Crippen LogP contribution in [0.4, 0.5) is 0 Å². The van der Waals surface area contributed by atoms with Crippen LogP contribution in [0.25, 0.3) is 0 Å². The van der Waals surface area contributed by atoms with Gasteiger partial charge in [0.1, 0.15) is 0 Å². The molecule has 0 radical (unpaired) electrons. The van der Waals surface area contributed by atoms with E-state index in [1.807, 2.05) is 11.8 Å². The Hall–Kier alpha value is -0.000000000000000111. The van der Waals surface area contributed by atoms with E-state index in [0.29, 0.717) is 11.2 Å². The number of nitrogens with zero attached hydrogens (tertiary/aromatic N) is 1. The third-order valence-electron chi connectivity index (χ3n) is 2.46. The third kappa shape index (κ3) is 3.25. The fraction of sp³-hybridized carbons (Fsp3) is 0.545. The lowest BCUT2D eigenvalue weighted by molar-refractivity contribution is 0.621. The molecule has 5 heteroatoms. The van der Waals surface area contributed by atoms with Crippen LogP contribution < -0.4 is 5.32 Å².